The first-order valence-electron chi connectivity index (χ1n) is 27.2. The van der Waals surface area contributed by atoms with Gasteiger partial charge in [0.25, 0.3) is 0 Å². The van der Waals surface area contributed by atoms with Crippen molar-refractivity contribution in [1.82, 2.24) is 0 Å². The molecule has 0 N–H and O–H groups in total. The molecule has 0 aliphatic carbocycles. The minimum Gasteiger partial charge on any atom is -0.456 e. The molecule has 9 aromatic rings. The zero-order valence-corrected chi connectivity index (χ0v) is 22.4. The standard InChI is InChI=1S/C44H28O/c1-3-12-29(13-4-1)31-16-11-17-32(26-31)33-22-25-39-40(27-33)44(34-23-24-36-35-18-9-10-21-41(35)45-42(36)28-34)38-20-8-7-19-37(38)43(39)30-14-5-2-6-15-30/h1-28H/i1D,2D,3D,4D,5D,6D,7D,8D,9D,10D,11D,12D,13D,14D,15D,16D,17D,18D,19D,20D,21D,22D,23D,24D,25D,26D,27D,28D. The lowest BCUT2D eigenvalue weighted by Gasteiger charge is -2.19. The minimum absolute atomic E-state index is 0.423. The number of benzene rings is 8. The quantitative estimate of drug-likeness (QED) is 0.183. The summed E-state index contributed by atoms with van der Waals surface area (Å²) in [5.41, 5.74) is -8.02. The molecule has 0 saturated carbocycles. The van der Waals surface area contributed by atoms with Gasteiger partial charge < -0.3 is 4.42 Å². The lowest BCUT2D eigenvalue weighted by Crippen LogP contribution is -1.92. The molecule has 0 aliphatic heterocycles. The van der Waals surface area contributed by atoms with E-state index in [9.17, 15) is 12.3 Å². The third-order valence-corrected chi connectivity index (χ3v) is 7.01. The SMILES string of the molecule is [2H]c1c([2H])c([2H])c(-c2c([2H])c([2H])c([2H])c(-c3c([2H])c([2H])c4c(-c5c([2H])c([2H])c([2H])c([2H])c5[2H])c5c([2H])c([2H])c([2H])c([2H])c5c(-c5c([2H])c([2H])c6c(oc7c([2H])c([2H])c([2H])c([2H])c76)c5[2H])c4c3[2H])c2[2H])c([2H])c1[2H]. The molecule has 0 radical (unpaired) electrons. The van der Waals surface area contributed by atoms with Crippen molar-refractivity contribution in [3.8, 4) is 44.5 Å². The fourth-order valence-corrected chi connectivity index (χ4v) is 5.11. The normalized spacial score (nSPS) is 20.3. The molecule has 45 heavy (non-hydrogen) atoms. The molecule has 1 heteroatoms. The maximum atomic E-state index is 10.1. The van der Waals surface area contributed by atoms with Crippen molar-refractivity contribution in [2.24, 2.45) is 0 Å². The van der Waals surface area contributed by atoms with Gasteiger partial charge in [0.15, 0.2) is 0 Å². The summed E-state index contributed by atoms with van der Waals surface area (Å²) in [6.07, 6.45) is 0. The molecule has 0 spiro atoms. The van der Waals surface area contributed by atoms with Crippen LogP contribution in [0.2, 0.25) is 0 Å². The Morgan fingerprint density at radius 3 is 1.53 bits per heavy atom. The third-order valence-electron chi connectivity index (χ3n) is 7.01. The highest BCUT2D eigenvalue weighted by molar-refractivity contribution is 6.22. The largest absolute Gasteiger partial charge is 0.456 e. The van der Waals surface area contributed by atoms with Gasteiger partial charge in [-0.3, -0.25) is 0 Å². The fourth-order valence-electron chi connectivity index (χ4n) is 5.11. The number of fused-ring (bicyclic) bond motifs is 5. The van der Waals surface area contributed by atoms with Crippen molar-refractivity contribution < 1.29 is 42.8 Å². The van der Waals surface area contributed by atoms with E-state index in [0.717, 1.165) is 0 Å². The van der Waals surface area contributed by atoms with Crippen LogP contribution in [0.3, 0.4) is 0 Å². The van der Waals surface area contributed by atoms with Crippen molar-refractivity contribution in [2.75, 3.05) is 0 Å². The van der Waals surface area contributed by atoms with E-state index in [2.05, 4.69) is 0 Å². The molecular weight excluding hydrogens is 544 g/mol. The van der Waals surface area contributed by atoms with E-state index < -0.39 is 257 Å². The molecule has 210 valence electrons. The van der Waals surface area contributed by atoms with E-state index in [1.54, 1.807) is 0 Å². The number of para-hydroxylation sites is 1. The van der Waals surface area contributed by atoms with Gasteiger partial charge in [-0.15, -0.1) is 0 Å². The summed E-state index contributed by atoms with van der Waals surface area (Å²) in [5, 5.41) is -4.09. The Morgan fingerprint density at radius 2 is 0.778 bits per heavy atom. The Hall–Kier alpha value is -5.92. The van der Waals surface area contributed by atoms with Gasteiger partial charge in [0.1, 0.15) is 11.2 Å². The molecule has 0 aliphatic rings. The van der Waals surface area contributed by atoms with Crippen molar-refractivity contribution in [1.29, 1.82) is 0 Å². The van der Waals surface area contributed by atoms with Gasteiger partial charge in [-0.1, -0.05) is 139 Å². The molecule has 1 aromatic heterocycles. The smallest absolute Gasteiger partial charge is 0.136 e. The Morgan fingerprint density at radius 1 is 0.289 bits per heavy atom. The van der Waals surface area contributed by atoms with E-state index in [1.165, 1.54) is 0 Å². The average Bonchev–Trinajstić information content (AvgIpc) is 3.77. The summed E-state index contributed by atoms with van der Waals surface area (Å²) < 4.78 is 256. The van der Waals surface area contributed by atoms with Crippen LogP contribution in [-0.4, -0.2) is 0 Å². The maximum Gasteiger partial charge on any atom is 0.136 e. The first-order valence-corrected chi connectivity index (χ1v) is 13.2. The minimum atomic E-state index is -1.14. The first kappa shape index (κ1) is 10.1. The molecule has 0 atom stereocenters. The van der Waals surface area contributed by atoms with Crippen LogP contribution in [0.1, 0.15) is 38.4 Å². The van der Waals surface area contributed by atoms with Crippen LogP contribution in [0.25, 0.3) is 88.0 Å². The topological polar surface area (TPSA) is 13.1 Å². The maximum absolute atomic E-state index is 10.1. The van der Waals surface area contributed by atoms with Gasteiger partial charge in [0.2, 0.25) is 0 Å². The van der Waals surface area contributed by atoms with Crippen molar-refractivity contribution >= 4 is 43.5 Å². The molecule has 0 bridgehead atoms. The van der Waals surface area contributed by atoms with Crippen molar-refractivity contribution in [2.45, 2.75) is 0 Å². The fraction of sp³-hybridized carbons (Fsp3) is 0. The second-order valence-electron chi connectivity index (χ2n) is 9.51. The summed E-state index contributed by atoms with van der Waals surface area (Å²) >= 11 is 0. The monoisotopic (exact) mass is 600 g/mol. The summed E-state index contributed by atoms with van der Waals surface area (Å²) in [4.78, 5) is 0. The van der Waals surface area contributed by atoms with Crippen molar-refractivity contribution in [3.05, 3.63) is 169 Å². The number of furan rings is 1. The zero-order chi connectivity index (χ0) is 54.1. The summed E-state index contributed by atoms with van der Waals surface area (Å²) in [6.45, 7) is 0. The van der Waals surface area contributed by atoms with Gasteiger partial charge in [-0.05, 0) is 96.3 Å². The van der Waals surface area contributed by atoms with Crippen LogP contribution >= 0.6 is 0 Å². The van der Waals surface area contributed by atoms with Gasteiger partial charge in [-0.2, -0.15) is 0 Å². The Bertz CT molecular complexity index is 4060. The average molecular weight is 601 g/mol. The van der Waals surface area contributed by atoms with Crippen molar-refractivity contribution in [3.63, 3.8) is 0 Å². The molecule has 8 aromatic carbocycles. The van der Waals surface area contributed by atoms with Crippen LogP contribution < -0.4 is 0 Å². The molecule has 0 saturated heterocycles. The molecule has 0 unspecified atom stereocenters. The van der Waals surface area contributed by atoms with Crippen LogP contribution in [-0.2, 0) is 0 Å². The lowest BCUT2D eigenvalue weighted by atomic mass is 9.84. The second-order valence-corrected chi connectivity index (χ2v) is 9.51. The van der Waals surface area contributed by atoms with Crippen LogP contribution in [0.5, 0.6) is 0 Å². The van der Waals surface area contributed by atoms with E-state index in [4.69, 9.17) is 30.5 Å². The van der Waals surface area contributed by atoms with E-state index in [0.29, 0.717) is 0 Å². The van der Waals surface area contributed by atoms with E-state index in [-0.39, 0.29) is 0 Å². The second kappa shape index (κ2) is 10.4. The molecule has 0 fully saturated rings. The zero-order valence-electron chi connectivity index (χ0n) is 50.4. The first-order chi connectivity index (χ1) is 34.0. The summed E-state index contributed by atoms with van der Waals surface area (Å²) in [6, 6.07) is -27.1. The highest BCUT2D eigenvalue weighted by Gasteiger charge is 2.18. The molecular formula is C44H28O. The number of rotatable bonds is 4. The Balaban J connectivity index is 1.64. The number of hydrogen-bond donors (Lipinski definition) is 0. The van der Waals surface area contributed by atoms with Gasteiger partial charge >= 0.3 is 0 Å². The van der Waals surface area contributed by atoms with Gasteiger partial charge in [-0.25, -0.2) is 0 Å². The van der Waals surface area contributed by atoms with E-state index in [1.807, 2.05) is 0 Å². The predicted molar refractivity (Wildman–Crippen MR) is 190 cm³/mol. The van der Waals surface area contributed by atoms with E-state index >= 15 is 0 Å². The van der Waals surface area contributed by atoms with Crippen LogP contribution in [0, 0.1) is 0 Å². The number of hydrogen-bond acceptors (Lipinski definition) is 1. The van der Waals surface area contributed by atoms with Crippen LogP contribution in [0.4, 0.5) is 0 Å². The highest BCUT2D eigenvalue weighted by Crippen LogP contribution is 2.45. The molecule has 9 rings (SSSR count). The molecule has 0 amide bonds. The van der Waals surface area contributed by atoms with Gasteiger partial charge in [0, 0.05) is 10.8 Å². The molecule has 1 heterocycles. The van der Waals surface area contributed by atoms with Gasteiger partial charge in [0.05, 0.1) is 38.4 Å². The summed E-state index contributed by atoms with van der Waals surface area (Å²) in [5.74, 6) is 0. The predicted octanol–water partition coefficient (Wildman–Crippen LogP) is 12.6. The Kier molecular flexibility index (Phi) is 2.32. The summed E-state index contributed by atoms with van der Waals surface area (Å²) in [7, 11) is 0. The highest BCUT2D eigenvalue weighted by atomic mass is 16.3. The third kappa shape index (κ3) is 4.24. The Labute approximate surface area is 301 Å². The lowest BCUT2D eigenvalue weighted by molar-refractivity contribution is 0.669. The molecule has 1 nitrogen and oxygen atoms in total. The van der Waals surface area contributed by atoms with Crippen LogP contribution in [0.15, 0.2) is 174 Å².